The summed E-state index contributed by atoms with van der Waals surface area (Å²) in [7, 11) is 0. The Balaban J connectivity index is 2.94. The Bertz CT molecular complexity index is 377. The van der Waals surface area contributed by atoms with Crippen LogP contribution in [0.2, 0.25) is 0 Å². The van der Waals surface area contributed by atoms with Gasteiger partial charge in [0.05, 0.1) is 0 Å². The number of nitrogens with two attached hydrogens (primary N) is 1. The molecule has 2 N–H and O–H groups in total. The zero-order valence-electron chi connectivity index (χ0n) is 9.06. The van der Waals surface area contributed by atoms with Crippen molar-refractivity contribution in [3.8, 4) is 5.88 Å². The molecule has 90 valence electrons. The van der Waals surface area contributed by atoms with Crippen molar-refractivity contribution in [1.29, 1.82) is 0 Å². The second-order valence-corrected chi connectivity index (χ2v) is 3.47. The molecule has 0 radical (unpaired) electrons. The predicted molar refractivity (Wildman–Crippen MR) is 53.2 cm³/mol. The topological polar surface area (TPSA) is 48.1 Å². The summed E-state index contributed by atoms with van der Waals surface area (Å²) in [5, 5.41) is 0. The summed E-state index contributed by atoms with van der Waals surface area (Å²) in [5.41, 5.74) is 7.34. The lowest BCUT2D eigenvalue weighted by Gasteiger charge is -2.13. The number of aromatic nitrogens is 1. The summed E-state index contributed by atoms with van der Waals surface area (Å²) in [5.74, 6) is -0.0303. The summed E-state index contributed by atoms with van der Waals surface area (Å²) in [6.45, 7) is 2.20. The Labute approximate surface area is 91.4 Å². The Kier molecular flexibility index (Phi) is 3.74. The molecular formula is C10H13F3N2O. The Morgan fingerprint density at radius 3 is 2.50 bits per heavy atom. The molecule has 0 unspecified atom stereocenters. The van der Waals surface area contributed by atoms with E-state index in [2.05, 4.69) is 9.72 Å². The van der Waals surface area contributed by atoms with E-state index in [1.54, 1.807) is 19.9 Å². The van der Waals surface area contributed by atoms with E-state index in [0.717, 1.165) is 5.56 Å². The summed E-state index contributed by atoms with van der Waals surface area (Å²) >= 11 is 0. The molecule has 0 saturated carbocycles. The van der Waals surface area contributed by atoms with Gasteiger partial charge in [0.1, 0.15) is 0 Å². The Morgan fingerprint density at radius 2 is 2.00 bits per heavy atom. The van der Waals surface area contributed by atoms with Gasteiger partial charge < -0.3 is 10.5 Å². The molecule has 0 saturated heterocycles. The molecule has 0 aliphatic heterocycles. The van der Waals surface area contributed by atoms with E-state index < -0.39 is 12.8 Å². The molecule has 1 heterocycles. The lowest BCUT2D eigenvalue weighted by Crippen LogP contribution is -2.21. The number of hydrogen-bond acceptors (Lipinski definition) is 3. The van der Waals surface area contributed by atoms with Crippen LogP contribution in [0.15, 0.2) is 6.07 Å². The summed E-state index contributed by atoms with van der Waals surface area (Å²) in [6, 6.07) is 1.75. The largest absolute Gasteiger partial charge is 0.468 e. The van der Waals surface area contributed by atoms with E-state index >= 15 is 0 Å². The standard InChI is InChI=1S/C10H13F3N2O/c1-6-3-7(2)15-9(8(6)4-14)16-5-10(11,12)13/h3H,4-5,14H2,1-2H3. The van der Waals surface area contributed by atoms with Crippen molar-refractivity contribution < 1.29 is 17.9 Å². The molecule has 3 nitrogen and oxygen atoms in total. The molecule has 0 aliphatic rings. The van der Waals surface area contributed by atoms with Gasteiger partial charge in [-0.05, 0) is 25.5 Å². The fourth-order valence-corrected chi connectivity index (χ4v) is 1.35. The molecule has 6 heteroatoms. The van der Waals surface area contributed by atoms with Crippen LogP contribution >= 0.6 is 0 Å². The molecule has 0 aromatic carbocycles. The predicted octanol–water partition coefficient (Wildman–Crippen LogP) is 2.10. The third-order valence-corrected chi connectivity index (χ3v) is 2.01. The monoisotopic (exact) mass is 234 g/mol. The maximum absolute atomic E-state index is 12.0. The third kappa shape index (κ3) is 3.37. The molecule has 16 heavy (non-hydrogen) atoms. The minimum atomic E-state index is -4.37. The zero-order chi connectivity index (χ0) is 12.3. The lowest BCUT2D eigenvalue weighted by molar-refractivity contribution is -0.154. The molecule has 0 atom stereocenters. The number of ether oxygens (including phenoxy) is 1. The number of halogens is 3. The van der Waals surface area contributed by atoms with E-state index in [1.807, 2.05) is 0 Å². The minimum Gasteiger partial charge on any atom is -0.468 e. The molecule has 1 aromatic heterocycles. The van der Waals surface area contributed by atoms with E-state index in [-0.39, 0.29) is 12.4 Å². The number of hydrogen-bond donors (Lipinski definition) is 1. The van der Waals surface area contributed by atoms with Crippen molar-refractivity contribution in [3.63, 3.8) is 0 Å². The quantitative estimate of drug-likeness (QED) is 0.871. The van der Waals surface area contributed by atoms with Gasteiger partial charge in [-0.25, -0.2) is 4.98 Å². The molecule has 0 amide bonds. The number of pyridine rings is 1. The van der Waals surface area contributed by atoms with Crippen LogP contribution in [0.5, 0.6) is 5.88 Å². The van der Waals surface area contributed by atoms with Crippen molar-refractivity contribution in [3.05, 3.63) is 22.9 Å². The van der Waals surface area contributed by atoms with Gasteiger partial charge in [-0.1, -0.05) is 0 Å². The molecule has 1 aromatic rings. The zero-order valence-corrected chi connectivity index (χ0v) is 9.06. The first kappa shape index (κ1) is 12.8. The highest BCUT2D eigenvalue weighted by molar-refractivity contribution is 5.35. The van der Waals surface area contributed by atoms with Crippen LogP contribution in [0, 0.1) is 13.8 Å². The molecule has 0 bridgehead atoms. The molecular weight excluding hydrogens is 221 g/mol. The van der Waals surface area contributed by atoms with Gasteiger partial charge in [0.2, 0.25) is 5.88 Å². The van der Waals surface area contributed by atoms with Crippen molar-refractivity contribution in [2.45, 2.75) is 26.6 Å². The maximum Gasteiger partial charge on any atom is 0.422 e. The average molecular weight is 234 g/mol. The molecule has 0 fully saturated rings. The van der Waals surface area contributed by atoms with Gasteiger partial charge in [0.15, 0.2) is 6.61 Å². The SMILES string of the molecule is Cc1cc(C)c(CN)c(OCC(F)(F)F)n1. The second-order valence-electron chi connectivity index (χ2n) is 3.47. The third-order valence-electron chi connectivity index (χ3n) is 2.01. The summed E-state index contributed by atoms with van der Waals surface area (Å²) in [6.07, 6.45) is -4.37. The Morgan fingerprint density at radius 1 is 1.38 bits per heavy atom. The molecule has 0 spiro atoms. The minimum absolute atomic E-state index is 0.0303. The summed E-state index contributed by atoms with van der Waals surface area (Å²) in [4.78, 5) is 3.91. The van der Waals surface area contributed by atoms with Crippen LogP contribution in [0.1, 0.15) is 16.8 Å². The molecule has 0 aliphatic carbocycles. The van der Waals surface area contributed by atoms with E-state index in [1.165, 1.54) is 0 Å². The number of nitrogens with zero attached hydrogens (tertiary/aromatic N) is 1. The van der Waals surface area contributed by atoms with Gasteiger partial charge in [0.25, 0.3) is 0 Å². The highest BCUT2D eigenvalue weighted by Crippen LogP contribution is 2.23. The fourth-order valence-electron chi connectivity index (χ4n) is 1.35. The molecule has 1 rings (SSSR count). The highest BCUT2D eigenvalue weighted by atomic mass is 19.4. The van der Waals surface area contributed by atoms with Gasteiger partial charge >= 0.3 is 6.18 Å². The first-order valence-corrected chi connectivity index (χ1v) is 4.70. The smallest absolute Gasteiger partial charge is 0.422 e. The van der Waals surface area contributed by atoms with E-state index in [4.69, 9.17) is 5.73 Å². The van der Waals surface area contributed by atoms with E-state index in [9.17, 15) is 13.2 Å². The van der Waals surface area contributed by atoms with Gasteiger partial charge in [-0.15, -0.1) is 0 Å². The normalized spacial score (nSPS) is 11.6. The number of rotatable bonds is 3. The van der Waals surface area contributed by atoms with Crippen LogP contribution in [-0.2, 0) is 6.54 Å². The van der Waals surface area contributed by atoms with Crippen LogP contribution in [0.4, 0.5) is 13.2 Å². The van der Waals surface area contributed by atoms with Crippen molar-refractivity contribution >= 4 is 0 Å². The second kappa shape index (κ2) is 4.69. The first-order chi connectivity index (χ1) is 7.33. The van der Waals surface area contributed by atoms with Crippen molar-refractivity contribution in [2.75, 3.05) is 6.61 Å². The average Bonchev–Trinajstić information content (AvgIpc) is 2.12. The number of alkyl halides is 3. The first-order valence-electron chi connectivity index (χ1n) is 4.70. The summed E-state index contributed by atoms with van der Waals surface area (Å²) < 4.78 is 40.6. The van der Waals surface area contributed by atoms with Crippen LogP contribution in [0.3, 0.4) is 0 Å². The fraction of sp³-hybridized carbons (Fsp3) is 0.500. The van der Waals surface area contributed by atoms with E-state index in [0.29, 0.717) is 11.3 Å². The lowest BCUT2D eigenvalue weighted by atomic mass is 10.1. The van der Waals surface area contributed by atoms with Gasteiger partial charge in [0, 0.05) is 17.8 Å². The number of aryl methyl sites for hydroxylation is 2. The van der Waals surface area contributed by atoms with Crippen LogP contribution in [0.25, 0.3) is 0 Å². The van der Waals surface area contributed by atoms with Crippen LogP contribution in [-0.4, -0.2) is 17.8 Å². The van der Waals surface area contributed by atoms with Crippen molar-refractivity contribution in [1.82, 2.24) is 4.98 Å². The Hall–Kier alpha value is -1.30. The van der Waals surface area contributed by atoms with Gasteiger partial charge in [-0.2, -0.15) is 13.2 Å². The van der Waals surface area contributed by atoms with Gasteiger partial charge in [-0.3, -0.25) is 0 Å². The van der Waals surface area contributed by atoms with Crippen molar-refractivity contribution in [2.24, 2.45) is 5.73 Å². The maximum atomic E-state index is 12.0. The van der Waals surface area contributed by atoms with Crippen LogP contribution < -0.4 is 10.5 Å². The highest BCUT2D eigenvalue weighted by Gasteiger charge is 2.29.